The average molecular weight is 455 g/mol. The van der Waals surface area contributed by atoms with Gasteiger partial charge in [0.15, 0.2) is 23.0 Å². The molecule has 3 aromatic carbocycles. The lowest BCUT2D eigenvalue weighted by molar-refractivity contribution is 0.269. The van der Waals surface area contributed by atoms with Crippen molar-refractivity contribution in [3.05, 3.63) is 82.4 Å². The third kappa shape index (κ3) is 6.31. The summed E-state index contributed by atoms with van der Waals surface area (Å²) in [5, 5.41) is 4.99. The van der Waals surface area contributed by atoms with Gasteiger partial charge in [-0.25, -0.2) is 0 Å². The van der Waals surface area contributed by atoms with Crippen molar-refractivity contribution in [2.75, 3.05) is 20.8 Å². The van der Waals surface area contributed by atoms with Gasteiger partial charge in [0.05, 0.1) is 33.6 Å². The first-order chi connectivity index (χ1) is 15.6. The molecule has 6 nitrogen and oxygen atoms in total. The van der Waals surface area contributed by atoms with Crippen molar-refractivity contribution in [3.63, 3.8) is 0 Å². The molecule has 0 atom stereocenters. The molecular formula is C25H27ClN2O4. The van der Waals surface area contributed by atoms with Gasteiger partial charge in [-0.2, -0.15) is 5.10 Å². The molecule has 0 fully saturated rings. The number of methoxy groups -OCH3 is 2. The number of ether oxygens (including phenoxy) is 4. The first-order valence-electron chi connectivity index (χ1n) is 10.2. The summed E-state index contributed by atoms with van der Waals surface area (Å²) in [5.41, 5.74) is 5.88. The fraction of sp³-hybridized carbons (Fsp3) is 0.240. The number of benzene rings is 3. The van der Waals surface area contributed by atoms with Crippen LogP contribution in [0.15, 0.2) is 65.8 Å². The Bertz CT molecular complexity index is 1060. The predicted molar refractivity (Wildman–Crippen MR) is 127 cm³/mol. The second kappa shape index (κ2) is 11.9. The van der Waals surface area contributed by atoms with Crippen LogP contribution in [-0.2, 0) is 13.2 Å². The van der Waals surface area contributed by atoms with Crippen molar-refractivity contribution in [2.45, 2.75) is 20.1 Å². The third-order valence-electron chi connectivity index (χ3n) is 4.64. The van der Waals surface area contributed by atoms with Gasteiger partial charge in [-0.15, -0.1) is 0 Å². The van der Waals surface area contributed by atoms with E-state index >= 15 is 0 Å². The SMILES string of the molecule is CCOc1cc(/C=N/NCc2ccc(OC)c(OC)c2)ccc1OCc1ccccc1Cl. The molecule has 3 aromatic rings. The van der Waals surface area contributed by atoms with Crippen LogP contribution < -0.4 is 24.4 Å². The molecule has 0 amide bonds. The zero-order valence-electron chi connectivity index (χ0n) is 18.4. The first kappa shape index (κ1) is 23.3. The van der Waals surface area contributed by atoms with E-state index in [2.05, 4.69) is 10.5 Å². The van der Waals surface area contributed by atoms with Gasteiger partial charge in [0.25, 0.3) is 0 Å². The molecule has 32 heavy (non-hydrogen) atoms. The maximum absolute atomic E-state index is 6.22. The standard InChI is InChI=1S/C25H27ClN2O4/c1-4-31-25-14-19(10-12-23(25)32-17-20-7-5-6-8-21(20)26)16-28-27-15-18-9-11-22(29-2)24(13-18)30-3/h5-14,16,27H,4,15,17H2,1-3H3/b28-16+. The molecule has 0 aliphatic carbocycles. The molecule has 0 saturated heterocycles. The Labute approximate surface area is 193 Å². The van der Waals surface area contributed by atoms with Crippen LogP contribution in [0, 0.1) is 0 Å². The second-order valence-corrected chi connectivity index (χ2v) is 7.21. The number of halogens is 1. The van der Waals surface area contributed by atoms with E-state index in [-0.39, 0.29) is 0 Å². The Hall–Kier alpha value is -3.38. The number of nitrogens with one attached hydrogen (secondary N) is 1. The van der Waals surface area contributed by atoms with Gasteiger partial charge in [-0.3, -0.25) is 0 Å². The van der Waals surface area contributed by atoms with Crippen LogP contribution in [0.25, 0.3) is 0 Å². The van der Waals surface area contributed by atoms with Crippen molar-refractivity contribution >= 4 is 17.8 Å². The highest BCUT2D eigenvalue weighted by atomic mass is 35.5. The molecule has 0 radical (unpaired) electrons. The molecule has 0 unspecified atom stereocenters. The number of nitrogens with zero attached hydrogens (tertiary/aromatic N) is 1. The summed E-state index contributed by atoms with van der Waals surface area (Å²) in [6.45, 7) is 3.37. The number of rotatable bonds is 11. The fourth-order valence-corrected chi connectivity index (χ4v) is 3.20. The third-order valence-corrected chi connectivity index (χ3v) is 5.01. The summed E-state index contributed by atoms with van der Waals surface area (Å²) in [6, 6.07) is 19.0. The maximum Gasteiger partial charge on any atom is 0.161 e. The first-order valence-corrected chi connectivity index (χ1v) is 10.6. The minimum Gasteiger partial charge on any atom is -0.493 e. The molecule has 0 aliphatic heterocycles. The number of hydrogen-bond donors (Lipinski definition) is 1. The monoisotopic (exact) mass is 454 g/mol. The van der Waals surface area contributed by atoms with Gasteiger partial charge >= 0.3 is 0 Å². The van der Waals surface area contributed by atoms with E-state index in [0.717, 1.165) is 16.7 Å². The molecule has 3 rings (SSSR count). The summed E-state index contributed by atoms with van der Waals surface area (Å²) >= 11 is 6.22. The summed E-state index contributed by atoms with van der Waals surface area (Å²) in [6.07, 6.45) is 1.74. The highest BCUT2D eigenvalue weighted by Gasteiger charge is 2.08. The Morgan fingerprint density at radius 3 is 2.41 bits per heavy atom. The van der Waals surface area contributed by atoms with Crippen LogP contribution >= 0.6 is 11.6 Å². The van der Waals surface area contributed by atoms with E-state index in [0.29, 0.717) is 47.8 Å². The lowest BCUT2D eigenvalue weighted by Crippen LogP contribution is -2.06. The summed E-state index contributed by atoms with van der Waals surface area (Å²) in [4.78, 5) is 0. The highest BCUT2D eigenvalue weighted by molar-refractivity contribution is 6.31. The van der Waals surface area contributed by atoms with Crippen LogP contribution in [0.2, 0.25) is 5.02 Å². The van der Waals surface area contributed by atoms with Gasteiger partial charge in [0, 0.05) is 10.6 Å². The van der Waals surface area contributed by atoms with E-state index in [1.807, 2.05) is 67.6 Å². The van der Waals surface area contributed by atoms with E-state index in [1.165, 1.54) is 0 Å². The molecule has 0 heterocycles. The zero-order valence-corrected chi connectivity index (χ0v) is 19.2. The largest absolute Gasteiger partial charge is 0.493 e. The van der Waals surface area contributed by atoms with Crippen molar-refractivity contribution in [3.8, 4) is 23.0 Å². The zero-order chi connectivity index (χ0) is 22.8. The molecule has 0 spiro atoms. The number of hydrogen-bond acceptors (Lipinski definition) is 6. The average Bonchev–Trinajstić information content (AvgIpc) is 2.82. The minimum absolute atomic E-state index is 0.361. The van der Waals surface area contributed by atoms with Crippen LogP contribution in [0.1, 0.15) is 23.6 Å². The topological polar surface area (TPSA) is 61.3 Å². The van der Waals surface area contributed by atoms with Crippen LogP contribution in [0.4, 0.5) is 0 Å². The van der Waals surface area contributed by atoms with Crippen molar-refractivity contribution < 1.29 is 18.9 Å². The van der Waals surface area contributed by atoms with Gasteiger partial charge in [-0.05, 0) is 54.4 Å². The molecule has 0 aliphatic rings. The van der Waals surface area contributed by atoms with Gasteiger partial charge < -0.3 is 24.4 Å². The van der Waals surface area contributed by atoms with E-state index in [4.69, 9.17) is 30.5 Å². The highest BCUT2D eigenvalue weighted by Crippen LogP contribution is 2.30. The van der Waals surface area contributed by atoms with Gasteiger partial charge in [-0.1, -0.05) is 35.9 Å². The van der Waals surface area contributed by atoms with Gasteiger partial charge in [0.1, 0.15) is 6.61 Å². The van der Waals surface area contributed by atoms with E-state index in [9.17, 15) is 0 Å². The molecule has 168 valence electrons. The van der Waals surface area contributed by atoms with Crippen LogP contribution in [0.5, 0.6) is 23.0 Å². The summed E-state index contributed by atoms with van der Waals surface area (Å²) in [5.74, 6) is 2.69. The number of hydrazone groups is 1. The Kier molecular flexibility index (Phi) is 8.63. The molecule has 0 saturated carbocycles. The smallest absolute Gasteiger partial charge is 0.161 e. The Morgan fingerprint density at radius 1 is 0.875 bits per heavy atom. The molecule has 7 heteroatoms. The molecule has 0 aromatic heterocycles. The van der Waals surface area contributed by atoms with Crippen molar-refractivity contribution in [1.82, 2.24) is 5.43 Å². The van der Waals surface area contributed by atoms with Crippen molar-refractivity contribution in [1.29, 1.82) is 0 Å². The summed E-state index contributed by atoms with van der Waals surface area (Å²) in [7, 11) is 3.23. The summed E-state index contributed by atoms with van der Waals surface area (Å²) < 4.78 is 22.3. The molecular weight excluding hydrogens is 428 g/mol. The minimum atomic E-state index is 0.361. The maximum atomic E-state index is 6.22. The Balaban J connectivity index is 1.62. The molecule has 1 N–H and O–H groups in total. The van der Waals surface area contributed by atoms with E-state index in [1.54, 1.807) is 20.4 Å². The lowest BCUT2D eigenvalue weighted by atomic mass is 10.2. The van der Waals surface area contributed by atoms with Crippen molar-refractivity contribution in [2.24, 2.45) is 5.10 Å². The van der Waals surface area contributed by atoms with Crippen LogP contribution in [0.3, 0.4) is 0 Å². The normalized spacial score (nSPS) is 10.8. The van der Waals surface area contributed by atoms with Crippen LogP contribution in [-0.4, -0.2) is 27.0 Å². The second-order valence-electron chi connectivity index (χ2n) is 6.80. The quantitative estimate of drug-likeness (QED) is 0.308. The fourth-order valence-electron chi connectivity index (χ4n) is 3.01. The van der Waals surface area contributed by atoms with Gasteiger partial charge in [0.2, 0.25) is 0 Å². The molecule has 0 bridgehead atoms. The lowest BCUT2D eigenvalue weighted by Gasteiger charge is -2.13. The predicted octanol–water partition coefficient (Wildman–Crippen LogP) is 5.46. The Morgan fingerprint density at radius 2 is 1.66 bits per heavy atom. The van der Waals surface area contributed by atoms with E-state index < -0.39 is 0 Å².